The second-order valence-corrected chi connectivity index (χ2v) is 6.69. The molecule has 24 heavy (non-hydrogen) atoms. The number of rotatable bonds is 6. The SMILES string of the molecule is CC(C)OCc1c(C(=O)OCc2nnsc2Cl)oc2ccccc12. The zero-order valence-corrected chi connectivity index (χ0v) is 14.7. The first-order valence-electron chi connectivity index (χ1n) is 7.32. The highest BCUT2D eigenvalue weighted by molar-refractivity contribution is 7.10. The molecule has 0 aliphatic rings. The molecular formula is C16H15ClN2O4S. The molecule has 0 unspecified atom stereocenters. The standard InChI is InChI=1S/C16H15ClN2O4S/c1-9(2)21-7-11-10-5-3-4-6-13(10)23-14(11)16(20)22-8-12-15(17)24-19-18-12/h3-6,9H,7-8H2,1-2H3. The molecule has 3 aromatic rings. The third-order valence-electron chi connectivity index (χ3n) is 3.29. The van der Waals surface area contributed by atoms with Gasteiger partial charge in [0.2, 0.25) is 5.76 Å². The van der Waals surface area contributed by atoms with Crippen LogP contribution in [0.5, 0.6) is 0 Å². The van der Waals surface area contributed by atoms with Crippen molar-refractivity contribution in [3.8, 4) is 0 Å². The minimum atomic E-state index is -0.586. The topological polar surface area (TPSA) is 74.5 Å². The maximum absolute atomic E-state index is 12.4. The summed E-state index contributed by atoms with van der Waals surface area (Å²) < 4.78 is 20.7. The lowest BCUT2D eigenvalue weighted by Gasteiger charge is -2.08. The van der Waals surface area contributed by atoms with Crippen LogP contribution in [0.25, 0.3) is 11.0 Å². The quantitative estimate of drug-likeness (QED) is 0.608. The molecule has 2 aromatic heterocycles. The second kappa shape index (κ2) is 7.29. The maximum atomic E-state index is 12.4. The Morgan fingerprint density at radius 2 is 2.12 bits per heavy atom. The molecular weight excluding hydrogens is 352 g/mol. The Bertz CT molecular complexity index is 859. The molecule has 8 heteroatoms. The number of hydrogen-bond donors (Lipinski definition) is 0. The summed E-state index contributed by atoms with van der Waals surface area (Å²) in [6.07, 6.45) is 0.0300. The van der Waals surface area contributed by atoms with Crippen molar-refractivity contribution in [1.82, 2.24) is 9.59 Å². The smallest absolute Gasteiger partial charge is 0.375 e. The van der Waals surface area contributed by atoms with Crippen LogP contribution in [0.4, 0.5) is 0 Å². The first-order chi connectivity index (χ1) is 11.6. The molecule has 126 valence electrons. The minimum absolute atomic E-state index is 0.0300. The van der Waals surface area contributed by atoms with Crippen molar-refractivity contribution >= 4 is 40.1 Å². The molecule has 0 atom stereocenters. The summed E-state index contributed by atoms with van der Waals surface area (Å²) in [6.45, 7) is 4.06. The lowest BCUT2D eigenvalue weighted by Crippen LogP contribution is -2.09. The van der Waals surface area contributed by atoms with E-state index >= 15 is 0 Å². The number of benzene rings is 1. The van der Waals surface area contributed by atoms with E-state index in [2.05, 4.69) is 9.59 Å². The van der Waals surface area contributed by atoms with Gasteiger partial charge in [0.15, 0.2) is 0 Å². The van der Waals surface area contributed by atoms with Crippen molar-refractivity contribution in [3.63, 3.8) is 0 Å². The van der Waals surface area contributed by atoms with Crippen molar-refractivity contribution in [2.75, 3.05) is 0 Å². The molecule has 0 saturated carbocycles. The largest absolute Gasteiger partial charge is 0.453 e. The number of nitrogens with zero attached hydrogens (tertiary/aromatic N) is 2. The molecule has 0 spiro atoms. The van der Waals surface area contributed by atoms with E-state index in [4.69, 9.17) is 25.5 Å². The van der Waals surface area contributed by atoms with Crippen LogP contribution in [0.15, 0.2) is 28.7 Å². The van der Waals surface area contributed by atoms with Gasteiger partial charge >= 0.3 is 5.97 Å². The Labute approximate surface area is 147 Å². The lowest BCUT2D eigenvalue weighted by molar-refractivity contribution is 0.0407. The average molecular weight is 367 g/mol. The summed E-state index contributed by atoms with van der Waals surface area (Å²) in [4.78, 5) is 12.4. The number of aromatic nitrogens is 2. The molecule has 0 bridgehead atoms. The highest BCUT2D eigenvalue weighted by Crippen LogP contribution is 2.28. The molecule has 3 rings (SSSR count). The maximum Gasteiger partial charge on any atom is 0.375 e. The van der Waals surface area contributed by atoms with E-state index in [9.17, 15) is 4.79 Å². The predicted octanol–water partition coefficient (Wildman–Crippen LogP) is 4.22. The number of halogens is 1. The molecule has 0 fully saturated rings. The van der Waals surface area contributed by atoms with Gasteiger partial charge in [-0.1, -0.05) is 34.3 Å². The third-order valence-corrected chi connectivity index (χ3v) is 4.28. The van der Waals surface area contributed by atoms with Crippen LogP contribution in [0.1, 0.15) is 35.7 Å². The summed E-state index contributed by atoms with van der Waals surface area (Å²) in [5.74, 6) is -0.450. The molecule has 0 amide bonds. The summed E-state index contributed by atoms with van der Waals surface area (Å²) in [5.41, 5.74) is 1.71. The van der Waals surface area contributed by atoms with E-state index in [0.29, 0.717) is 21.2 Å². The molecule has 0 N–H and O–H groups in total. The first-order valence-corrected chi connectivity index (χ1v) is 8.47. The predicted molar refractivity (Wildman–Crippen MR) is 90.2 cm³/mol. The van der Waals surface area contributed by atoms with Crippen LogP contribution < -0.4 is 0 Å². The van der Waals surface area contributed by atoms with E-state index in [-0.39, 0.29) is 25.1 Å². The van der Waals surface area contributed by atoms with E-state index in [1.165, 1.54) is 0 Å². The van der Waals surface area contributed by atoms with Crippen molar-refractivity contribution in [2.45, 2.75) is 33.2 Å². The Morgan fingerprint density at radius 3 is 2.83 bits per heavy atom. The molecule has 2 heterocycles. The van der Waals surface area contributed by atoms with Crippen molar-refractivity contribution in [3.05, 3.63) is 45.6 Å². The van der Waals surface area contributed by atoms with E-state index in [1.807, 2.05) is 32.0 Å². The highest BCUT2D eigenvalue weighted by atomic mass is 35.5. The van der Waals surface area contributed by atoms with Crippen LogP contribution in [-0.2, 0) is 22.7 Å². The Balaban J connectivity index is 1.85. The highest BCUT2D eigenvalue weighted by Gasteiger charge is 2.23. The molecule has 0 aliphatic heterocycles. The Morgan fingerprint density at radius 1 is 1.33 bits per heavy atom. The molecule has 6 nitrogen and oxygen atoms in total. The number of furan rings is 1. The minimum Gasteiger partial charge on any atom is -0.453 e. The van der Waals surface area contributed by atoms with Gasteiger partial charge in [-0.05, 0) is 19.9 Å². The van der Waals surface area contributed by atoms with Crippen LogP contribution in [0, 0.1) is 0 Å². The van der Waals surface area contributed by atoms with Gasteiger partial charge in [-0.3, -0.25) is 0 Å². The van der Waals surface area contributed by atoms with Crippen LogP contribution in [0.3, 0.4) is 0 Å². The van der Waals surface area contributed by atoms with E-state index < -0.39 is 5.97 Å². The summed E-state index contributed by atoms with van der Waals surface area (Å²) in [7, 11) is 0. The molecule has 0 aliphatic carbocycles. The van der Waals surface area contributed by atoms with E-state index in [0.717, 1.165) is 16.9 Å². The fourth-order valence-corrected chi connectivity index (χ4v) is 2.74. The second-order valence-electron chi connectivity index (χ2n) is 5.34. The van der Waals surface area contributed by atoms with Gasteiger partial charge in [0.25, 0.3) is 0 Å². The number of carbonyl (C=O) groups is 1. The normalized spacial score (nSPS) is 11.3. The van der Waals surface area contributed by atoms with Crippen molar-refractivity contribution in [2.24, 2.45) is 0 Å². The number of carbonyl (C=O) groups excluding carboxylic acids is 1. The van der Waals surface area contributed by atoms with Gasteiger partial charge in [0.1, 0.15) is 22.2 Å². The lowest BCUT2D eigenvalue weighted by atomic mass is 10.1. The monoisotopic (exact) mass is 366 g/mol. The summed E-state index contributed by atoms with van der Waals surface area (Å²) in [5, 5.41) is 4.64. The van der Waals surface area contributed by atoms with Crippen molar-refractivity contribution < 1.29 is 18.7 Å². The van der Waals surface area contributed by atoms with Crippen LogP contribution in [-0.4, -0.2) is 21.7 Å². The summed E-state index contributed by atoms with van der Waals surface area (Å²) in [6, 6.07) is 7.41. The first kappa shape index (κ1) is 16.9. The van der Waals surface area contributed by atoms with Gasteiger partial charge in [0, 0.05) is 22.5 Å². The van der Waals surface area contributed by atoms with Crippen LogP contribution >= 0.6 is 23.1 Å². The zero-order valence-electron chi connectivity index (χ0n) is 13.1. The Kier molecular flexibility index (Phi) is 5.13. The van der Waals surface area contributed by atoms with Crippen LogP contribution in [0.2, 0.25) is 4.34 Å². The number of fused-ring (bicyclic) bond motifs is 1. The van der Waals surface area contributed by atoms with E-state index in [1.54, 1.807) is 6.07 Å². The Hall–Kier alpha value is -1.96. The molecule has 1 aromatic carbocycles. The average Bonchev–Trinajstić information content (AvgIpc) is 3.14. The number of ether oxygens (including phenoxy) is 2. The van der Waals surface area contributed by atoms with Gasteiger partial charge in [-0.15, -0.1) is 5.10 Å². The third kappa shape index (κ3) is 3.58. The number of esters is 1. The fourth-order valence-electron chi connectivity index (χ4n) is 2.14. The van der Waals surface area contributed by atoms with Gasteiger partial charge in [-0.25, -0.2) is 4.79 Å². The number of hydrogen-bond acceptors (Lipinski definition) is 7. The van der Waals surface area contributed by atoms with Gasteiger partial charge in [-0.2, -0.15) is 0 Å². The fraction of sp³-hybridized carbons (Fsp3) is 0.312. The number of para-hydroxylation sites is 1. The van der Waals surface area contributed by atoms with Gasteiger partial charge < -0.3 is 13.9 Å². The molecule has 0 radical (unpaired) electrons. The van der Waals surface area contributed by atoms with Crippen molar-refractivity contribution in [1.29, 1.82) is 0 Å². The molecule has 0 saturated heterocycles. The summed E-state index contributed by atoms with van der Waals surface area (Å²) >= 11 is 6.95. The van der Waals surface area contributed by atoms with Gasteiger partial charge in [0.05, 0.1) is 12.7 Å². The zero-order chi connectivity index (χ0) is 17.1.